The molecule has 80 heavy (non-hydrogen) atoms. The lowest BCUT2D eigenvalue weighted by Crippen LogP contribution is -2.60. The maximum atomic E-state index is 14.5. The van der Waals surface area contributed by atoms with E-state index in [1.165, 1.54) is 24.1 Å². The molecule has 0 aliphatic carbocycles. The molecule has 10 amide bonds. The average Bonchev–Trinajstić information content (AvgIpc) is 3.92. The van der Waals surface area contributed by atoms with E-state index in [0.29, 0.717) is 42.6 Å². The molecular weight excluding hydrogens is 1040 g/mol. The van der Waals surface area contributed by atoms with Gasteiger partial charge in [0.1, 0.15) is 53.8 Å². The molecule has 1 saturated heterocycles. The molecule has 0 saturated carbocycles. The zero-order valence-corrected chi connectivity index (χ0v) is 44.9. The first-order valence-corrected chi connectivity index (χ1v) is 26.4. The third kappa shape index (κ3) is 21.9. The summed E-state index contributed by atoms with van der Waals surface area (Å²) >= 11 is 0. The topological polar surface area (TPSA) is 444 Å². The van der Waals surface area contributed by atoms with Gasteiger partial charge in [-0.15, -0.1) is 0 Å². The minimum Gasteiger partial charge on any atom is -0.508 e. The van der Waals surface area contributed by atoms with Crippen molar-refractivity contribution in [3.8, 4) is 11.5 Å². The van der Waals surface area contributed by atoms with E-state index in [1.807, 2.05) is 0 Å². The van der Waals surface area contributed by atoms with Crippen LogP contribution >= 0.6 is 0 Å². The van der Waals surface area contributed by atoms with Gasteiger partial charge in [0.15, 0.2) is 5.96 Å². The van der Waals surface area contributed by atoms with Crippen molar-refractivity contribution in [2.75, 3.05) is 26.7 Å². The molecule has 434 valence electrons. The van der Waals surface area contributed by atoms with E-state index in [0.717, 1.165) is 5.56 Å². The molecule has 0 radical (unpaired) electrons. The van der Waals surface area contributed by atoms with Crippen LogP contribution in [0.2, 0.25) is 0 Å². The molecule has 1 aliphatic heterocycles. The van der Waals surface area contributed by atoms with Crippen LogP contribution in [0.1, 0.15) is 87.3 Å². The number of primary amides is 3. The molecule has 4 rings (SSSR count). The molecule has 0 unspecified atom stereocenters. The lowest BCUT2D eigenvalue weighted by atomic mass is 10.0. The monoisotopic (exact) mass is 1110 g/mol. The van der Waals surface area contributed by atoms with E-state index in [-0.39, 0.29) is 76.3 Å². The third-order valence-electron chi connectivity index (χ3n) is 13.1. The predicted octanol–water partition coefficient (Wildman–Crippen LogP) is -2.47. The van der Waals surface area contributed by atoms with Crippen molar-refractivity contribution >= 4 is 65.0 Å². The quantitative estimate of drug-likeness (QED) is 0.0167. The van der Waals surface area contributed by atoms with Crippen LogP contribution in [-0.2, 0) is 67.2 Å². The highest BCUT2D eigenvalue weighted by molar-refractivity contribution is 5.99. The number of hydrogen-bond donors (Lipinski definition) is 13. The lowest BCUT2D eigenvalue weighted by Gasteiger charge is -2.31. The number of carbonyl (C=O) groups excluding carboxylic acids is 10. The Balaban J connectivity index is 1.58. The van der Waals surface area contributed by atoms with Crippen molar-refractivity contribution in [3.63, 3.8) is 0 Å². The van der Waals surface area contributed by atoms with Crippen molar-refractivity contribution < 1.29 is 57.8 Å². The Labute approximate surface area is 463 Å². The summed E-state index contributed by atoms with van der Waals surface area (Å²) in [5, 5.41) is 25.4. The highest BCUT2D eigenvalue weighted by Gasteiger charge is 2.40. The summed E-state index contributed by atoms with van der Waals surface area (Å²) in [5.74, 6) is -7.94. The van der Waals surface area contributed by atoms with Gasteiger partial charge in [-0.25, -0.2) is 0 Å². The van der Waals surface area contributed by atoms with Gasteiger partial charge in [0.05, 0.1) is 13.5 Å². The number of phenolic OH excluding ortho intramolecular Hbond substituents is 1. The summed E-state index contributed by atoms with van der Waals surface area (Å²) in [6, 6.07) is 12.0. The second-order valence-electron chi connectivity index (χ2n) is 19.3. The molecule has 7 atom stereocenters. The summed E-state index contributed by atoms with van der Waals surface area (Å²) in [4.78, 5) is 141. The smallest absolute Gasteiger partial charge is 0.245 e. The van der Waals surface area contributed by atoms with E-state index in [4.69, 9.17) is 39.1 Å². The maximum absolute atomic E-state index is 14.5. The Bertz CT molecular complexity index is 2620. The zero-order valence-electron chi connectivity index (χ0n) is 44.9. The SMILES string of the molecule is COc1ccc(C[C@@H](NC(=O)CCc2ccc(O)cc2)C(=O)N[C@@H](Cc2ccccc2)C(=O)N[C@@H](CCC(N)=O)C(=O)N[C@@H](CC(N)=O)C(=O)N[C@@H](CCCCN)C(=O)N2CCC[C@H]2C(=O)N[C@@H](CCCN=C(N)N)C(N)=O)cc1. The fourth-order valence-corrected chi connectivity index (χ4v) is 8.82. The van der Waals surface area contributed by atoms with Crippen LogP contribution in [0.4, 0.5) is 0 Å². The molecule has 0 spiro atoms. The second-order valence-corrected chi connectivity index (χ2v) is 19.3. The number of hydrogen-bond acceptors (Lipinski definition) is 14. The largest absolute Gasteiger partial charge is 0.508 e. The number of methoxy groups -OCH3 is 1. The summed E-state index contributed by atoms with van der Waals surface area (Å²) in [6.45, 7) is 0.498. The highest BCUT2D eigenvalue weighted by Crippen LogP contribution is 2.21. The minimum absolute atomic E-state index is 0.00874. The van der Waals surface area contributed by atoms with Crippen LogP contribution in [0.25, 0.3) is 0 Å². The van der Waals surface area contributed by atoms with Gasteiger partial charge in [-0.3, -0.25) is 52.9 Å². The van der Waals surface area contributed by atoms with E-state index in [2.05, 4.69) is 36.9 Å². The predicted molar refractivity (Wildman–Crippen MR) is 294 cm³/mol. The fraction of sp³-hybridized carbons (Fsp3) is 0.463. The highest BCUT2D eigenvalue weighted by atomic mass is 16.5. The van der Waals surface area contributed by atoms with Gasteiger partial charge in [0, 0.05) is 38.8 Å². The molecule has 19 N–H and O–H groups in total. The number of guanidine groups is 1. The van der Waals surface area contributed by atoms with E-state index >= 15 is 0 Å². The van der Waals surface area contributed by atoms with Crippen LogP contribution in [0.5, 0.6) is 11.5 Å². The molecule has 1 aliphatic rings. The molecule has 26 nitrogen and oxygen atoms in total. The van der Waals surface area contributed by atoms with Gasteiger partial charge < -0.3 is 81.0 Å². The number of aryl methyl sites for hydroxylation is 1. The molecule has 26 heteroatoms. The lowest BCUT2D eigenvalue weighted by molar-refractivity contribution is -0.142. The summed E-state index contributed by atoms with van der Waals surface area (Å²) < 4.78 is 5.28. The summed E-state index contributed by atoms with van der Waals surface area (Å²) in [7, 11) is 1.49. The number of rotatable bonds is 34. The minimum atomic E-state index is -1.76. The van der Waals surface area contributed by atoms with E-state index in [9.17, 15) is 53.1 Å². The van der Waals surface area contributed by atoms with Crippen LogP contribution in [0.15, 0.2) is 83.9 Å². The first-order chi connectivity index (χ1) is 38.2. The Morgan fingerprint density at radius 1 is 0.613 bits per heavy atom. The van der Waals surface area contributed by atoms with Gasteiger partial charge >= 0.3 is 0 Å². The van der Waals surface area contributed by atoms with Crippen LogP contribution < -0.4 is 71.0 Å². The number of carbonyl (C=O) groups is 10. The van der Waals surface area contributed by atoms with Crippen molar-refractivity contribution in [2.45, 2.75) is 132 Å². The Hall–Kier alpha value is -8.81. The number of benzene rings is 3. The standard InChI is InChI=1S/C54H76N14O12/c1-80-36-21-16-34(17-22-36)30-40(62-46(72)25-18-32-14-19-35(69)20-15-32)49(75)66-41(29-33-9-3-2-4-10-33)50(76)64-38(23-24-44(56)70)48(74)67-42(31-45(57)71)51(77)65-39(11-5-6-26-55)53(79)68-28-8-13-43(68)52(78)63-37(47(58)73)12-7-27-61-54(59)60/h2-4,9-10,14-17,19-22,37-43,69H,5-8,11-13,18,23-31,55H2,1H3,(H2,56,70)(H2,57,71)(H2,58,73)(H,62,72)(H,63,78)(H,64,76)(H,65,77)(H,66,75)(H,67,74)(H4,59,60,61)/t37-,38-,39-,40+,41-,42-,43-/m0/s1. The third-order valence-corrected chi connectivity index (χ3v) is 13.1. The number of unbranched alkanes of at least 4 members (excludes halogenated alkanes) is 1. The summed E-state index contributed by atoms with van der Waals surface area (Å²) in [6.07, 6.45) is 0.144. The molecular formula is C54H76N14O12. The molecule has 0 bridgehead atoms. The number of nitrogens with one attached hydrogen (secondary N) is 6. The number of aromatic hydroxyl groups is 1. The number of phenols is 1. The van der Waals surface area contributed by atoms with Crippen molar-refractivity contribution in [3.05, 3.63) is 95.6 Å². The van der Waals surface area contributed by atoms with E-state index in [1.54, 1.807) is 66.7 Å². The first kappa shape index (κ1) is 63.7. The molecule has 1 fully saturated rings. The number of amides is 10. The van der Waals surface area contributed by atoms with Crippen LogP contribution in [-0.4, -0.2) is 144 Å². The summed E-state index contributed by atoms with van der Waals surface area (Å²) in [5.41, 5.74) is 35.1. The molecule has 3 aromatic carbocycles. The Kier molecular flexibility index (Phi) is 26.1. The number of likely N-dealkylation sites (tertiary alicyclic amines) is 1. The van der Waals surface area contributed by atoms with Crippen molar-refractivity contribution in [2.24, 2.45) is 39.4 Å². The number of nitrogens with zero attached hydrogens (tertiary/aromatic N) is 2. The van der Waals surface area contributed by atoms with Gasteiger partial charge in [-0.1, -0.05) is 54.6 Å². The Morgan fingerprint density at radius 2 is 1.18 bits per heavy atom. The van der Waals surface area contributed by atoms with E-state index < -0.39 is 121 Å². The molecule has 1 heterocycles. The van der Waals surface area contributed by atoms with Crippen molar-refractivity contribution in [1.82, 2.24) is 36.8 Å². The maximum Gasteiger partial charge on any atom is 0.245 e. The second kappa shape index (κ2) is 32.8. The number of nitrogens with two attached hydrogens (primary N) is 6. The van der Waals surface area contributed by atoms with Crippen LogP contribution in [0, 0.1) is 0 Å². The average molecular weight is 1110 g/mol. The zero-order chi connectivity index (χ0) is 58.7. The fourth-order valence-electron chi connectivity index (χ4n) is 8.82. The van der Waals surface area contributed by atoms with Gasteiger partial charge in [-0.05, 0) is 105 Å². The number of aliphatic imine (C=N–C) groups is 1. The van der Waals surface area contributed by atoms with Crippen LogP contribution in [0.3, 0.4) is 0 Å². The Morgan fingerprint density at radius 3 is 1.77 bits per heavy atom. The first-order valence-electron chi connectivity index (χ1n) is 26.4. The van der Waals surface area contributed by atoms with Crippen molar-refractivity contribution in [1.29, 1.82) is 0 Å². The molecule has 0 aromatic heterocycles. The normalized spacial score (nSPS) is 15.0. The number of ether oxygens (including phenoxy) is 1. The van der Waals surface area contributed by atoms with Gasteiger partial charge in [0.2, 0.25) is 59.1 Å². The van der Waals surface area contributed by atoms with Gasteiger partial charge in [-0.2, -0.15) is 0 Å². The van der Waals surface area contributed by atoms with Gasteiger partial charge in [0.25, 0.3) is 0 Å². The molecule has 3 aromatic rings.